The molecule has 25 heavy (non-hydrogen) atoms. The summed E-state index contributed by atoms with van der Waals surface area (Å²) in [5, 5.41) is 9.62. The lowest BCUT2D eigenvalue weighted by atomic mass is 9.97. The number of nitrogens with one attached hydrogen (secondary N) is 1. The molecule has 1 heterocycles. The van der Waals surface area contributed by atoms with Gasteiger partial charge in [-0.1, -0.05) is 12.1 Å². The second-order valence-electron chi connectivity index (χ2n) is 6.41. The minimum Gasteiger partial charge on any atom is -0.508 e. The highest BCUT2D eigenvalue weighted by Gasteiger charge is 2.27. The lowest BCUT2D eigenvalue weighted by molar-refractivity contribution is 0.0431. The van der Waals surface area contributed by atoms with Crippen molar-refractivity contribution in [3.05, 3.63) is 53.9 Å². The van der Waals surface area contributed by atoms with Crippen molar-refractivity contribution in [2.75, 3.05) is 11.0 Å². The van der Waals surface area contributed by atoms with Crippen LogP contribution in [0, 0.1) is 0 Å². The summed E-state index contributed by atoms with van der Waals surface area (Å²) in [5.41, 5.74) is 2.16. The summed E-state index contributed by atoms with van der Waals surface area (Å²) in [6.07, 6.45) is 5.65. The molecule has 0 saturated heterocycles. The lowest BCUT2D eigenvalue weighted by Crippen LogP contribution is -2.14. The molecule has 0 amide bonds. The molecule has 1 fully saturated rings. The van der Waals surface area contributed by atoms with Crippen LogP contribution in [0.5, 0.6) is 5.75 Å². The van der Waals surface area contributed by atoms with Crippen molar-refractivity contribution in [1.29, 1.82) is 0 Å². The lowest BCUT2D eigenvalue weighted by Gasteiger charge is -2.15. The van der Waals surface area contributed by atoms with Crippen molar-refractivity contribution in [2.24, 2.45) is 0 Å². The Morgan fingerprint density at radius 3 is 2.88 bits per heavy atom. The third-order valence-corrected chi connectivity index (χ3v) is 4.96. The molecule has 1 aliphatic rings. The topological polar surface area (TPSA) is 88.5 Å². The fourth-order valence-corrected chi connectivity index (χ4v) is 3.80. The van der Waals surface area contributed by atoms with Crippen LogP contribution in [0.1, 0.15) is 36.4 Å². The van der Waals surface area contributed by atoms with Crippen molar-refractivity contribution < 1.29 is 18.3 Å². The number of ether oxygens (including phenoxy) is 1. The minimum atomic E-state index is -3.36. The van der Waals surface area contributed by atoms with Gasteiger partial charge in [0.25, 0.3) is 0 Å². The third-order valence-electron chi connectivity index (χ3n) is 4.37. The molecule has 7 heteroatoms. The zero-order valence-corrected chi connectivity index (χ0v) is 14.9. The molecule has 0 radical (unpaired) electrons. The third kappa shape index (κ3) is 4.93. The van der Waals surface area contributed by atoms with Crippen LogP contribution in [0.3, 0.4) is 0 Å². The van der Waals surface area contributed by atoms with Crippen LogP contribution in [-0.4, -0.2) is 30.9 Å². The van der Waals surface area contributed by atoms with Gasteiger partial charge < -0.3 is 9.84 Å². The van der Waals surface area contributed by atoms with E-state index in [9.17, 15) is 13.5 Å². The standard InChI is InChI=1S/C18H22N2O4S/c1-25(22,23)20-17-6-3-9-19-18(17)12-24-16-8-7-14(11-16)13-4-2-5-15(21)10-13/h2-6,9-10,14,16,20-21H,7-8,11-12H2,1H3. The first kappa shape index (κ1) is 17.7. The van der Waals surface area contributed by atoms with Gasteiger partial charge in [0, 0.05) is 6.20 Å². The molecule has 1 aromatic carbocycles. The van der Waals surface area contributed by atoms with E-state index >= 15 is 0 Å². The van der Waals surface area contributed by atoms with Gasteiger partial charge in [-0.3, -0.25) is 9.71 Å². The van der Waals surface area contributed by atoms with Gasteiger partial charge in [0.1, 0.15) is 5.75 Å². The van der Waals surface area contributed by atoms with Gasteiger partial charge in [-0.25, -0.2) is 8.42 Å². The maximum atomic E-state index is 11.4. The highest BCUT2D eigenvalue weighted by atomic mass is 32.2. The van der Waals surface area contributed by atoms with E-state index in [1.807, 2.05) is 12.1 Å². The van der Waals surface area contributed by atoms with Gasteiger partial charge in [-0.05, 0) is 55.0 Å². The Bertz CT molecular complexity index is 838. The number of rotatable bonds is 6. The number of phenols is 1. The molecule has 0 bridgehead atoms. The normalized spacial score (nSPS) is 20.5. The Kier molecular flexibility index (Phi) is 5.24. The van der Waals surface area contributed by atoms with Gasteiger partial charge in [0.15, 0.2) is 0 Å². The minimum absolute atomic E-state index is 0.0976. The van der Waals surface area contributed by atoms with Gasteiger partial charge in [0.2, 0.25) is 10.0 Å². The quantitative estimate of drug-likeness (QED) is 0.825. The number of phenolic OH excluding ortho intramolecular Hbond substituents is 1. The van der Waals surface area contributed by atoms with Crippen LogP contribution in [0.2, 0.25) is 0 Å². The maximum Gasteiger partial charge on any atom is 0.229 e. The van der Waals surface area contributed by atoms with Crippen molar-refractivity contribution >= 4 is 15.7 Å². The summed E-state index contributed by atoms with van der Waals surface area (Å²) >= 11 is 0. The van der Waals surface area contributed by atoms with E-state index in [0.29, 0.717) is 17.3 Å². The van der Waals surface area contributed by atoms with Gasteiger partial charge in [-0.15, -0.1) is 0 Å². The van der Waals surface area contributed by atoms with Crippen LogP contribution in [0.25, 0.3) is 0 Å². The fraction of sp³-hybridized carbons (Fsp3) is 0.389. The molecular formula is C18H22N2O4S. The average molecular weight is 362 g/mol. The molecule has 1 aliphatic carbocycles. The van der Waals surface area contributed by atoms with Crippen LogP contribution >= 0.6 is 0 Å². The molecule has 2 aromatic rings. The Morgan fingerprint density at radius 2 is 2.12 bits per heavy atom. The molecule has 0 spiro atoms. The molecule has 2 N–H and O–H groups in total. The predicted octanol–water partition coefficient (Wildman–Crippen LogP) is 3.01. The van der Waals surface area contributed by atoms with Crippen LogP contribution in [0.4, 0.5) is 5.69 Å². The van der Waals surface area contributed by atoms with Crippen molar-refractivity contribution in [1.82, 2.24) is 4.98 Å². The maximum absolute atomic E-state index is 11.4. The predicted molar refractivity (Wildman–Crippen MR) is 96.0 cm³/mol. The number of anilines is 1. The SMILES string of the molecule is CS(=O)(=O)Nc1cccnc1COC1CCC(c2cccc(O)c2)C1. The van der Waals surface area contributed by atoms with Crippen molar-refractivity contribution in [2.45, 2.75) is 37.9 Å². The Balaban J connectivity index is 1.60. The second-order valence-corrected chi connectivity index (χ2v) is 8.16. The number of benzene rings is 1. The zero-order chi connectivity index (χ0) is 17.9. The van der Waals surface area contributed by atoms with Gasteiger partial charge in [0.05, 0.1) is 30.3 Å². The number of hydrogen-bond acceptors (Lipinski definition) is 5. The van der Waals surface area contributed by atoms with Crippen LogP contribution in [0.15, 0.2) is 42.6 Å². The Morgan fingerprint density at radius 1 is 1.28 bits per heavy atom. The number of hydrogen-bond donors (Lipinski definition) is 2. The van der Waals surface area contributed by atoms with E-state index in [-0.39, 0.29) is 18.5 Å². The van der Waals surface area contributed by atoms with E-state index < -0.39 is 10.0 Å². The molecule has 3 rings (SSSR count). The highest BCUT2D eigenvalue weighted by Crippen LogP contribution is 2.37. The molecule has 2 atom stereocenters. The zero-order valence-electron chi connectivity index (χ0n) is 14.1. The smallest absolute Gasteiger partial charge is 0.229 e. The first-order valence-electron chi connectivity index (χ1n) is 8.23. The van der Waals surface area contributed by atoms with E-state index in [1.54, 1.807) is 30.5 Å². The van der Waals surface area contributed by atoms with Crippen LogP contribution < -0.4 is 4.72 Å². The first-order valence-corrected chi connectivity index (χ1v) is 10.1. The van der Waals surface area contributed by atoms with E-state index in [4.69, 9.17) is 4.74 Å². The van der Waals surface area contributed by atoms with E-state index in [2.05, 4.69) is 9.71 Å². The second kappa shape index (κ2) is 7.41. The Labute approximate surface area is 147 Å². The molecular weight excluding hydrogens is 340 g/mol. The monoisotopic (exact) mass is 362 g/mol. The van der Waals surface area contributed by atoms with Crippen LogP contribution in [-0.2, 0) is 21.4 Å². The molecule has 1 aromatic heterocycles. The van der Waals surface area contributed by atoms with E-state index in [0.717, 1.165) is 31.1 Å². The number of aromatic hydroxyl groups is 1. The van der Waals surface area contributed by atoms with Gasteiger partial charge in [-0.2, -0.15) is 0 Å². The van der Waals surface area contributed by atoms with Gasteiger partial charge >= 0.3 is 0 Å². The highest BCUT2D eigenvalue weighted by molar-refractivity contribution is 7.92. The summed E-state index contributed by atoms with van der Waals surface area (Å²) in [5.74, 6) is 0.654. The number of pyridine rings is 1. The van der Waals surface area contributed by atoms with Crippen molar-refractivity contribution in [3.63, 3.8) is 0 Å². The molecule has 134 valence electrons. The molecule has 0 aliphatic heterocycles. The molecule has 1 saturated carbocycles. The summed E-state index contributed by atoms with van der Waals surface area (Å²) in [6.45, 7) is 0.260. The molecule has 6 nitrogen and oxygen atoms in total. The van der Waals surface area contributed by atoms with E-state index in [1.165, 1.54) is 0 Å². The summed E-state index contributed by atoms with van der Waals surface area (Å²) in [7, 11) is -3.36. The number of nitrogens with zero attached hydrogens (tertiary/aromatic N) is 1. The summed E-state index contributed by atoms with van der Waals surface area (Å²) in [4.78, 5) is 4.23. The Hall–Kier alpha value is -2.12. The molecule has 2 unspecified atom stereocenters. The summed E-state index contributed by atoms with van der Waals surface area (Å²) < 4.78 is 31.3. The first-order chi connectivity index (χ1) is 11.9. The summed E-state index contributed by atoms with van der Waals surface area (Å²) in [6, 6.07) is 10.7. The fourth-order valence-electron chi connectivity index (χ4n) is 3.22. The van der Waals surface area contributed by atoms with Crippen molar-refractivity contribution in [3.8, 4) is 5.75 Å². The number of sulfonamides is 1. The largest absolute Gasteiger partial charge is 0.508 e. The average Bonchev–Trinajstić information content (AvgIpc) is 3.02. The number of aromatic nitrogens is 1.